The molecule has 1 atom stereocenters. The molecule has 0 aromatic heterocycles. The van der Waals surface area contributed by atoms with Crippen molar-refractivity contribution in [1.29, 1.82) is 0 Å². The minimum Gasteiger partial charge on any atom is -0.293 e. The number of hydrogen-bond acceptors (Lipinski definition) is 3. The Morgan fingerprint density at radius 2 is 2.06 bits per heavy atom. The summed E-state index contributed by atoms with van der Waals surface area (Å²) >= 11 is 0. The molecule has 1 aliphatic rings. The number of Topliss-reactive ketones (excluding diaryl/α,β-unsaturated/α-hetero) is 1. The molecule has 0 saturated carbocycles. The summed E-state index contributed by atoms with van der Waals surface area (Å²) in [6.45, 7) is 1.74. The summed E-state index contributed by atoms with van der Waals surface area (Å²) in [5, 5.41) is -1.07. The van der Waals surface area contributed by atoms with Gasteiger partial charge < -0.3 is 0 Å². The molecule has 1 aliphatic heterocycles. The molecule has 98 valence electrons. The fourth-order valence-electron chi connectivity index (χ4n) is 2.25. The van der Waals surface area contributed by atoms with E-state index in [1.807, 2.05) is 0 Å². The summed E-state index contributed by atoms with van der Waals surface area (Å²) in [4.78, 5) is 12.2. The maximum Gasteiger partial charge on any atom is 0.183 e. The van der Waals surface area contributed by atoms with Crippen LogP contribution in [0.5, 0.6) is 0 Å². The fourth-order valence-corrected chi connectivity index (χ4v) is 4.12. The van der Waals surface area contributed by atoms with Crippen molar-refractivity contribution in [2.24, 2.45) is 0 Å². The first-order valence-electron chi connectivity index (χ1n) is 5.94. The van der Waals surface area contributed by atoms with E-state index in [1.54, 1.807) is 13.0 Å². The van der Waals surface area contributed by atoms with E-state index < -0.39 is 26.7 Å². The molecular formula is C13H15FO3S. The van der Waals surface area contributed by atoms with E-state index in [0.29, 0.717) is 19.3 Å². The van der Waals surface area contributed by atoms with E-state index in [2.05, 4.69) is 0 Å². The van der Waals surface area contributed by atoms with Gasteiger partial charge in [-0.1, -0.05) is 18.1 Å². The lowest BCUT2D eigenvalue weighted by Crippen LogP contribution is -2.35. The standard InChI is InChI=1S/C13H15FO3S/c1-9-5-6-11(14)10(8-9)13(15)12-4-2-3-7-18(12,16)17/h5-6,8,12H,2-4,7H2,1H3. The Bertz CT molecular complexity index is 578. The summed E-state index contributed by atoms with van der Waals surface area (Å²) < 4.78 is 37.3. The molecule has 0 radical (unpaired) electrons. The van der Waals surface area contributed by atoms with Gasteiger partial charge in [0.25, 0.3) is 0 Å². The minimum atomic E-state index is -3.42. The van der Waals surface area contributed by atoms with Crippen LogP contribution in [-0.4, -0.2) is 25.2 Å². The van der Waals surface area contributed by atoms with Crippen molar-refractivity contribution in [3.63, 3.8) is 0 Å². The maximum absolute atomic E-state index is 13.6. The monoisotopic (exact) mass is 270 g/mol. The van der Waals surface area contributed by atoms with Crippen LogP contribution >= 0.6 is 0 Å². The normalized spacial score (nSPS) is 22.7. The molecule has 3 nitrogen and oxygen atoms in total. The van der Waals surface area contributed by atoms with Gasteiger partial charge in [0, 0.05) is 0 Å². The predicted molar refractivity (Wildman–Crippen MR) is 66.9 cm³/mol. The molecule has 0 aliphatic carbocycles. The average molecular weight is 270 g/mol. The van der Waals surface area contributed by atoms with Gasteiger partial charge in [-0.15, -0.1) is 0 Å². The average Bonchev–Trinajstić information content (AvgIpc) is 2.31. The Balaban J connectivity index is 2.39. The van der Waals surface area contributed by atoms with E-state index in [0.717, 1.165) is 5.56 Å². The van der Waals surface area contributed by atoms with E-state index in [-0.39, 0.29) is 11.3 Å². The summed E-state index contributed by atoms with van der Waals surface area (Å²) in [5.41, 5.74) is 0.637. The number of hydrogen-bond donors (Lipinski definition) is 0. The van der Waals surface area contributed by atoms with Gasteiger partial charge in [0.1, 0.15) is 11.1 Å². The topological polar surface area (TPSA) is 51.2 Å². The lowest BCUT2D eigenvalue weighted by atomic mass is 10.0. The van der Waals surface area contributed by atoms with E-state index in [9.17, 15) is 17.6 Å². The van der Waals surface area contributed by atoms with Gasteiger partial charge in [-0.25, -0.2) is 12.8 Å². The zero-order chi connectivity index (χ0) is 13.3. The highest BCUT2D eigenvalue weighted by molar-refractivity contribution is 7.92. The van der Waals surface area contributed by atoms with Crippen molar-refractivity contribution in [3.05, 3.63) is 35.1 Å². The summed E-state index contributed by atoms with van der Waals surface area (Å²) in [6.07, 6.45) is 1.58. The number of sulfone groups is 1. The molecular weight excluding hydrogens is 255 g/mol. The molecule has 1 aromatic carbocycles. The molecule has 18 heavy (non-hydrogen) atoms. The molecule has 1 unspecified atom stereocenters. The van der Waals surface area contributed by atoms with Crippen molar-refractivity contribution in [1.82, 2.24) is 0 Å². The summed E-state index contributed by atoms with van der Waals surface area (Å²) in [5.74, 6) is -1.22. The molecule has 1 aromatic rings. The van der Waals surface area contributed by atoms with Crippen LogP contribution in [-0.2, 0) is 9.84 Å². The van der Waals surface area contributed by atoms with Crippen molar-refractivity contribution in [2.45, 2.75) is 31.4 Å². The van der Waals surface area contributed by atoms with Crippen LogP contribution in [0, 0.1) is 12.7 Å². The summed E-state index contributed by atoms with van der Waals surface area (Å²) in [7, 11) is -3.42. The Kier molecular flexibility index (Phi) is 3.52. The van der Waals surface area contributed by atoms with Crippen LogP contribution < -0.4 is 0 Å². The maximum atomic E-state index is 13.6. The predicted octanol–water partition coefficient (Wildman–Crippen LogP) is 2.28. The molecule has 0 N–H and O–H groups in total. The second kappa shape index (κ2) is 4.80. The fraction of sp³-hybridized carbons (Fsp3) is 0.462. The number of ketones is 1. The van der Waals surface area contributed by atoms with E-state index in [1.165, 1.54) is 12.1 Å². The van der Waals surface area contributed by atoms with E-state index >= 15 is 0 Å². The lowest BCUT2D eigenvalue weighted by molar-refractivity contribution is 0.0977. The Morgan fingerprint density at radius 3 is 2.72 bits per heavy atom. The van der Waals surface area contributed by atoms with Gasteiger partial charge in [0.05, 0.1) is 11.3 Å². The highest BCUT2D eigenvalue weighted by Crippen LogP contribution is 2.24. The van der Waals surface area contributed by atoms with Gasteiger partial charge in [-0.2, -0.15) is 0 Å². The number of rotatable bonds is 2. The van der Waals surface area contributed by atoms with Gasteiger partial charge in [-0.3, -0.25) is 4.79 Å². The first-order chi connectivity index (χ1) is 8.42. The molecule has 0 spiro atoms. The number of carbonyl (C=O) groups is 1. The largest absolute Gasteiger partial charge is 0.293 e. The molecule has 5 heteroatoms. The third-order valence-electron chi connectivity index (χ3n) is 3.26. The van der Waals surface area contributed by atoms with Crippen molar-refractivity contribution in [2.75, 3.05) is 5.75 Å². The third kappa shape index (κ3) is 2.46. The number of aryl methyl sites for hydroxylation is 1. The molecule has 1 fully saturated rings. The highest BCUT2D eigenvalue weighted by atomic mass is 32.2. The lowest BCUT2D eigenvalue weighted by Gasteiger charge is -2.21. The first kappa shape index (κ1) is 13.2. The van der Waals surface area contributed by atoms with Gasteiger partial charge in [0.2, 0.25) is 0 Å². The van der Waals surface area contributed by atoms with Gasteiger partial charge in [-0.05, 0) is 31.9 Å². The van der Waals surface area contributed by atoms with Crippen molar-refractivity contribution in [3.8, 4) is 0 Å². The van der Waals surface area contributed by atoms with Gasteiger partial charge >= 0.3 is 0 Å². The zero-order valence-corrected chi connectivity index (χ0v) is 11.0. The first-order valence-corrected chi connectivity index (χ1v) is 7.65. The van der Waals surface area contributed by atoms with Crippen LogP contribution in [0.1, 0.15) is 35.2 Å². The summed E-state index contributed by atoms with van der Waals surface area (Å²) in [6, 6.07) is 4.18. The van der Waals surface area contributed by atoms with Crippen molar-refractivity contribution >= 4 is 15.6 Å². The smallest absolute Gasteiger partial charge is 0.183 e. The number of benzene rings is 1. The Labute approximate surface area is 106 Å². The quantitative estimate of drug-likeness (QED) is 0.775. The van der Waals surface area contributed by atoms with Crippen LogP contribution in [0.2, 0.25) is 0 Å². The Hall–Kier alpha value is -1.23. The highest BCUT2D eigenvalue weighted by Gasteiger charge is 2.36. The second-order valence-corrected chi connectivity index (χ2v) is 7.00. The van der Waals surface area contributed by atoms with Crippen LogP contribution in [0.4, 0.5) is 4.39 Å². The molecule has 2 rings (SSSR count). The number of halogens is 1. The number of carbonyl (C=O) groups excluding carboxylic acids is 1. The minimum absolute atomic E-state index is 0.0246. The Morgan fingerprint density at radius 1 is 1.33 bits per heavy atom. The van der Waals surface area contributed by atoms with E-state index in [4.69, 9.17) is 0 Å². The molecule has 1 heterocycles. The van der Waals surface area contributed by atoms with Gasteiger partial charge in [0.15, 0.2) is 15.6 Å². The molecule has 0 amide bonds. The van der Waals surface area contributed by atoms with Crippen molar-refractivity contribution < 1.29 is 17.6 Å². The second-order valence-electron chi connectivity index (χ2n) is 4.70. The van der Waals surface area contributed by atoms with Crippen LogP contribution in [0.25, 0.3) is 0 Å². The molecule has 1 saturated heterocycles. The molecule has 0 bridgehead atoms. The van der Waals surface area contributed by atoms with Crippen LogP contribution in [0.3, 0.4) is 0 Å². The SMILES string of the molecule is Cc1ccc(F)c(C(=O)C2CCCCS2(=O)=O)c1. The third-order valence-corrected chi connectivity index (χ3v) is 5.43. The zero-order valence-electron chi connectivity index (χ0n) is 10.1. The van der Waals surface area contributed by atoms with Crippen LogP contribution in [0.15, 0.2) is 18.2 Å².